The van der Waals surface area contributed by atoms with Crippen molar-refractivity contribution in [2.45, 2.75) is 36.6 Å². The summed E-state index contributed by atoms with van der Waals surface area (Å²) >= 11 is 0. The highest BCUT2D eigenvalue weighted by molar-refractivity contribution is 5.89. The van der Waals surface area contributed by atoms with Crippen LogP contribution in [0.4, 0.5) is 0 Å². The Balaban J connectivity index is 2.55. The van der Waals surface area contributed by atoms with Gasteiger partial charge in [-0.3, -0.25) is 0 Å². The molecule has 0 aromatic rings. The van der Waals surface area contributed by atoms with Crippen LogP contribution in [0.1, 0.15) is 0 Å². The fourth-order valence-electron chi connectivity index (χ4n) is 1.73. The van der Waals surface area contributed by atoms with Gasteiger partial charge in [0.1, 0.15) is 31.0 Å². The lowest BCUT2D eigenvalue weighted by Gasteiger charge is -2.25. The molecule has 12 heteroatoms. The number of hydrogen-bond acceptors (Lipinski definition) is 12. The lowest BCUT2D eigenvalue weighted by molar-refractivity contribution is -0.175. The normalized spacial score (nSPS) is 24.1. The third-order valence-corrected chi connectivity index (χ3v) is 3.18. The van der Waals surface area contributed by atoms with Crippen LogP contribution in [0, 0.1) is 0 Å². The molecule has 0 unspecified atom stereocenters. The first-order valence-electron chi connectivity index (χ1n) is 6.62. The van der Waals surface area contributed by atoms with E-state index in [2.05, 4.69) is 9.47 Å². The molecule has 1 aliphatic rings. The van der Waals surface area contributed by atoms with Crippen molar-refractivity contribution in [3.05, 3.63) is 11.5 Å². The molecule has 0 radical (unpaired) electrons. The topological polar surface area (TPSA) is 214 Å². The molecule has 8 N–H and O–H groups in total. The van der Waals surface area contributed by atoms with Crippen LogP contribution in [0.25, 0.3) is 0 Å². The largest absolute Gasteiger partial charge is 0.505 e. The SMILES string of the molecule is O=C1O[C@H]([C@H](O)COC(=O)[C@@H](O)[C@@H](O)[C@H](O)[C@H](O)CO)C(O)=C1O. The van der Waals surface area contributed by atoms with Gasteiger partial charge in [0.25, 0.3) is 0 Å². The van der Waals surface area contributed by atoms with Gasteiger partial charge in [-0.2, -0.15) is 0 Å². The zero-order valence-electron chi connectivity index (χ0n) is 12.1. The molecule has 0 amide bonds. The van der Waals surface area contributed by atoms with Crippen LogP contribution in [-0.4, -0.2) is 103 Å². The molecule has 1 heterocycles. The van der Waals surface area contributed by atoms with Crippen molar-refractivity contribution in [1.29, 1.82) is 0 Å². The monoisotopic (exact) mass is 354 g/mol. The van der Waals surface area contributed by atoms with E-state index in [9.17, 15) is 35.1 Å². The number of hydrogen-bond donors (Lipinski definition) is 8. The zero-order valence-corrected chi connectivity index (χ0v) is 12.1. The van der Waals surface area contributed by atoms with Crippen molar-refractivity contribution in [1.82, 2.24) is 0 Å². The van der Waals surface area contributed by atoms with Gasteiger partial charge in [-0.1, -0.05) is 0 Å². The lowest BCUT2D eigenvalue weighted by Crippen LogP contribution is -2.49. The van der Waals surface area contributed by atoms with E-state index >= 15 is 0 Å². The maximum absolute atomic E-state index is 11.5. The molecule has 24 heavy (non-hydrogen) atoms. The molecule has 6 atom stereocenters. The second-order valence-corrected chi connectivity index (χ2v) is 4.93. The number of carbonyl (C=O) groups excluding carboxylic acids is 2. The highest BCUT2D eigenvalue weighted by Gasteiger charge is 2.40. The number of aliphatic hydroxyl groups is 8. The minimum absolute atomic E-state index is 0.906. The van der Waals surface area contributed by atoms with E-state index in [-0.39, 0.29) is 0 Å². The van der Waals surface area contributed by atoms with Crippen molar-refractivity contribution in [2.75, 3.05) is 13.2 Å². The minimum Gasteiger partial charge on any atom is -0.505 e. The molecule has 0 aromatic carbocycles. The second-order valence-electron chi connectivity index (χ2n) is 4.93. The summed E-state index contributed by atoms with van der Waals surface area (Å²) in [6.07, 6.45) is -11.9. The van der Waals surface area contributed by atoms with Crippen LogP contribution in [0.2, 0.25) is 0 Å². The van der Waals surface area contributed by atoms with Gasteiger partial charge >= 0.3 is 11.9 Å². The van der Waals surface area contributed by atoms with E-state index in [1.165, 1.54) is 0 Å². The number of ether oxygens (including phenoxy) is 2. The van der Waals surface area contributed by atoms with Crippen molar-refractivity contribution in [3.8, 4) is 0 Å². The van der Waals surface area contributed by atoms with Crippen LogP contribution < -0.4 is 0 Å². The molecule has 138 valence electrons. The van der Waals surface area contributed by atoms with Gasteiger partial charge in [0.05, 0.1) is 6.61 Å². The first kappa shape index (κ1) is 20.1. The predicted octanol–water partition coefficient (Wildman–Crippen LogP) is -4.42. The summed E-state index contributed by atoms with van der Waals surface area (Å²) in [7, 11) is 0. The molecule has 0 aromatic heterocycles. The molecule has 1 aliphatic heterocycles. The lowest BCUT2D eigenvalue weighted by atomic mass is 10.0. The second kappa shape index (κ2) is 8.23. The minimum atomic E-state index is -2.32. The summed E-state index contributed by atoms with van der Waals surface area (Å²) in [6, 6.07) is 0. The smallest absolute Gasteiger partial charge is 0.377 e. The van der Waals surface area contributed by atoms with Crippen LogP contribution in [0.15, 0.2) is 11.5 Å². The molecule has 0 aliphatic carbocycles. The highest BCUT2D eigenvalue weighted by Crippen LogP contribution is 2.21. The molecule has 0 spiro atoms. The maximum Gasteiger partial charge on any atom is 0.377 e. The molecular weight excluding hydrogens is 336 g/mol. The summed E-state index contributed by atoms with van der Waals surface area (Å²) in [6.45, 7) is -1.85. The average Bonchev–Trinajstić information content (AvgIpc) is 2.83. The van der Waals surface area contributed by atoms with Crippen LogP contribution in [0.3, 0.4) is 0 Å². The number of rotatable bonds is 8. The first-order valence-corrected chi connectivity index (χ1v) is 6.62. The van der Waals surface area contributed by atoms with Crippen LogP contribution in [0.5, 0.6) is 0 Å². The van der Waals surface area contributed by atoms with Crippen LogP contribution >= 0.6 is 0 Å². The summed E-state index contributed by atoms with van der Waals surface area (Å²) in [5.74, 6) is -4.88. The van der Waals surface area contributed by atoms with E-state index in [4.69, 9.17) is 15.3 Å². The number of aliphatic hydroxyl groups excluding tert-OH is 8. The van der Waals surface area contributed by atoms with E-state index in [1.807, 2.05) is 0 Å². The Kier molecular flexibility index (Phi) is 6.89. The van der Waals surface area contributed by atoms with E-state index < -0.39 is 73.3 Å². The highest BCUT2D eigenvalue weighted by atomic mass is 16.6. The third-order valence-electron chi connectivity index (χ3n) is 3.18. The maximum atomic E-state index is 11.5. The summed E-state index contributed by atoms with van der Waals surface area (Å²) < 4.78 is 8.83. The van der Waals surface area contributed by atoms with Gasteiger partial charge in [0.15, 0.2) is 18.0 Å². The Morgan fingerprint density at radius 2 is 1.71 bits per heavy atom. The third kappa shape index (κ3) is 4.31. The number of esters is 2. The summed E-state index contributed by atoms with van der Waals surface area (Å²) in [5.41, 5.74) is 0. The fraction of sp³-hybridized carbons (Fsp3) is 0.667. The molecule has 0 saturated carbocycles. The molecule has 0 bridgehead atoms. The van der Waals surface area contributed by atoms with E-state index in [0.29, 0.717) is 0 Å². The standard InChI is InChI=1S/C12H18O12/c13-1-3(14)5(16)6(17)8(19)11(21)23-2-4(15)10-7(18)9(20)12(22)24-10/h3-6,8,10,13-20H,1-2H2/t3-,4-,5-,6+,8+,10-/m1/s1. The average molecular weight is 354 g/mol. The van der Waals surface area contributed by atoms with Gasteiger partial charge in [-0.05, 0) is 0 Å². The Morgan fingerprint density at radius 1 is 1.12 bits per heavy atom. The van der Waals surface area contributed by atoms with E-state index in [1.54, 1.807) is 0 Å². The van der Waals surface area contributed by atoms with Crippen molar-refractivity contribution >= 4 is 11.9 Å². The van der Waals surface area contributed by atoms with Crippen LogP contribution in [-0.2, 0) is 19.1 Å². The van der Waals surface area contributed by atoms with Gasteiger partial charge in [-0.15, -0.1) is 0 Å². The fourth-order valence-corrected chi connectivity index (χ4v) is 1.73. The first-order chi connectivity index (χ1) is 11.1. The molecule has 1 rings (SSSR count). The van der Waals surface area contributed by atoms with Crippen molar-refractivity contribution in [2.24, 2.45) is 0 Å². The zero-order chi connectivity index (χ0) is 18.6. The van der Waals surface area contributed by atoms with E-state index in [0.717, 1.165) is 0 Å². The van der Waals surface area contributed by atoms with Gasteiger partial charge in [-0.25, -0.2) is 9.59 Å². The molecule has 0 saturated heterocycles. The number of cyclic esters (lactones) is 1. The van der Waals surface area contributed by atoms with Crippen molar-refractivity contribution in [3.63, 3.8) is 0 Å². The molecular formula is C12H18O12. The van der Waals surface area contributed by atoms with Gasteiger partial charge < -0.3 is 50.3 Å². The predicted molar refractivity (Wildman–Crippen MR) is 70.2 cm³/mol. The number of carbonyl (C=O) groups is 2. The quantitative estimate of drug-likeness (QED) is 0.194. The van der Waals surface area contributed by atoms with Gasteiger partial charge in [0, 0.05) is 0 Å². The molecule has 12 nitrogen and oxygen atoms in total. The Bertz CT molecular complexity index is 502. The summed E-state index contributed by atoms with van der Waals surface area (Å²) in [4.78, 5) is 22.4. The Hall–Kier alpha value is -1.96. The molecule has 0 fully saturated rings. The van der Waals surface area contributed by atoms with Gasteiger partial charge in [0.2, 0.25) is 5.76 Å². The van der Waals surface area contributed by atoms with Crippen molar-refractivity contribution < 1.29 is 59.9 Å². The Labute approximate surface area is 134 Å². The Morgan fingerprint density at radius 3 is 2.17 bits per heavy atom. The summed E-state index contributed by atoms with van der Waals surface area (Å²) in [5, 5.41) is 74.0.